The smallest absolute Gasteiger partial charge is 0.243 e. The number of nitrogens with zero attached hydrogens (tertiary/aromatic N) is 3. The molecular weight excluding hydrogens is 330 g/mol. The molecule has 0 aliphatic rings. The van der Waals surface area contributed by atoms with Gasteiger partial charge in [0.25, 0.3) is 0 Å². The third-order valence-corrected chi connectivity index (χ3v) is 5.64. The number of benzene rings is 1. The first-order valence-corrected chi connectivity index (χ1v) is 9.15. The molecule has 0 fully saturated rings. The molecule has 1 aromatic heterocycles. The van der Waals surface area contributed by atoms with Crippen molar-refractivity contribution in [2.75, 3.05) is 18.4 Å². The number of sulfonamides is 1. The Kier molecular flexibility index (Phi) is 6.04. The van der Waals surface area contributed by atoms with Crippen molar-refractivity contribution >= 4 is 21.9 Å². The first-order chi connectivity index (χ1) is 11.5. The summed E-state index contributed by atoms with van der Waals surface area (Å²) < 4.78 is 26.2. The molecule has 8 nitrogen and oxygen atoms in total. The molecule has 2 N–H and O–H groups in total. The van der Waals surface area contributed by atoms with Gasteiger partial charge in [0.2, 0.25) is 21.9 Å². The maximum atomic E-state index is 12.4. The van der Waals surface area contributed by atoms with Crippen LogP contribution in [0.25, 0.3) is 0 Å². The van der Waals surface area contributed by atoms with Crippen LogP contribution in [0.3, 0.4) is 0 Å². The van der Waals surface area contributed by atoms with Crippen molar-refractivity contribution in [1.82, 2.24) is 19.5 Å². The molecular formula is C15H21N5O3S. The summed E-state index contributed by atoms with van der Waals surface area (Å²) in [5, 5.41) is 8.78. The third kappa shape index (κ3) is 4.39. The lowest BCUT2D eigenvalue weighted by Gasteiger charge is -2.18. The Morgan fingerprint density at radius 1 is 1.21 bits per heavy atom. The summed E-state index contributed by atoms with van der Waals surface area (Å²) in [5.74, 6) is 0.118. The van der Waals surface area contributed by atoms with Gasteiger partial charge in [-0.05, 0) is 24.1 Å². The fourth-order valence-electron chi connectivity index (χ4n) is 2.26. The number of H-pyrrole nitrogens is 1. The van der Waals surface area contributed by atoms with Crippen LogP contribution in [0, 0.1) is 0 Å². The van der Waals surface area contributed by atoms with E-state index >= 15 is 0 Å². The summed E-state index contributed by atoms with van der Waals surface area (Å²) in [6.07, 6.45) is 2.08. The molecule has 0 unspecified atom stereocenters. The van der Waals surface area contributed by atoms with Gasteiger partial charge in [0.05, 0.1) is 4.90 Å². The number of carbonyl (C=O) groups excluding carboxylic acids is 1. The lowest BCUT2D eigenvalue weighted by atomic mass is 10.1. The van der Waals surface area contributed by atoms with Crippen molar-refractivity contribution in [3.05, 3.63) is 36.2 Å². The second kappa shape index (κ2) is 8.02. The van der Waals surface area contributed by atoms with E-state index in [0.29, 0.717) is 25.5 Å². The highest BCUT2D eigenvalue weighted by atomic mass is 32.2. The van der Waals surface area contributed by atoms with E-state index in [1.807, 2.05) is 13.8 Å². The van der Waals surface area contributed by atoms with Crippen LogP contribution < -0.4 is 5.32 Å². The normalized spacial score (nSPS) is 11.6. The molecule has 1 heterocycles. The van der Waals surface area contributed by atoms with Crippen molar-refractivity contribution in [2.24, 2.45) is 0 Å². The molecule has 0 bridgehead atoms. The number of nitrogens with one attached hydrogen (secondary N) is 2. The van der Waals surface area contributed by atoms with Crippen LogP contribution in [-0.2, 0) is 21.2 Å². The molecule has 1 amide bonds. The average molecular weight is 351 g/mol. The monoisotopic (exact) mass is 351 g/mol. The molecule has 0 aliphatic carbocycles. The molecule has 1 aromatic carbocycles. The molecule has 130 valence electrons. The second-order valence-electron chi connectivity index (χ2n) is 5.12. The first-order valence-electron chi connectivity index (χ1n) is 7.71. The van der Waals surface area contributed by atoms with E-state index < -0.39 is 10.0 Å². The summed E-state index contributed by atoms with van der Waals surface area (Å²) in [7, 11) is -3.45. The zero-order valence-electron chi connectivity index (χ0n) is 13.7. The third-order valence-electron chi connectivity index (χ3n) is 3.58. The Bertz CT molecular complexity index is 753. The van der Waals surface area contributed by atoms with E-state index in [1.54, 1.807) is 24.3 Å². The quantitative estimate of drug-likeness (QED) is 0.747. The zero-order valence-corrected chi connectivity index (χ0v) is 14.5. The molecule has 2 rings (SSSR count). The highest BCUT2D eigenvalue weighted by molar-refractivity contribution is 7.89. The van der Waals surface area contributed by atoms with Gasteiger partial charge in [0.1, 0.15) is 6.33 Å². The van der Waals surface area contributed by atoms with E-state index in [1.165, 1.54) is 10.6 Å². The number of amides is 1. The molecule has 0 saturated heterocycles. The van der Waals surface area contributed by atoms with Gasteiger partial charge in [-0.1, -0.05) is 26.0 Å². The number of anilines is 1. The number of aromatic amines is 1. The maximum Gasteiger partial charge on any atom is 0.243 e. The van der Waals surface area contributed by atoms with Gasteiger partial charge in [-0.3, -0.25) is 10.1 Å². The minimum Gasteiger partial charge on any atom is -0.295 e. The number of hydrogen-bond acceptors (Lipinski definition) is 5. The molecule has 9 heteroatoms. The van der Waals surface area contributed by atoms with Gasteiger partial charge in [-0.2, -0.15) is 14.4 Å². The fourth-order valence-corrected chi connectivity index (χ4v) is 3.72. The zero-order chi connectivity index (χ0) is 17.6. The van der Waals surface area contributed by atoms with Crippen molar-refractivity contribution in [1.29, 1.82) is 0 Å². The van der Waals surface area contributed by atoms with Crippen molar-refractivity contribution in [3.63, 3.8) is 0 Å². The predicted molar refractivity (Wildman–Crippen MR) is 89.9 cm³/mol. The number of aryl methyl sites for hydroxylation is 1. The van der Waals surface area contributed by atoms with Crippen molar-refractivity contribution < 1.29 is 13.2 Å². The van der Waals surface area contributed by atoms with Crippen LogP contribution in [0.4, 0.5) is 5.95 Å². The summed E-state index contributed by atoms with van der Waals surface area (Å²) in [4.78, 5) is 15.9. The van der Waals surface area contributed by atoms with E-state index in [-0.39, 0.29) is 17.2 Å². The Hall–Kier alpha value is -2.26. The van der Waals surface area contributed by atoms with Gasteiger partial charge in [-0.25, -0.2) is 13.5 Å². The molecule has 0 spiro atoms. The Balaban J connectivity index is 1.96. The number of rotatable bonds is 8. The van der Waals surface area contributed by atoms with Gasteiger partial charge < -0.3 is 0 Å². The first kappa shape index (κ1) is 18.1. The Morgan fingerprint density at radius 3 is 2.42 bits per heavy atom. The fraction of sp³-hybridized carbons (Fsp3) is 0.400. The van der Waals surface area contributed by atoms with Crippen LogP contribution in [0.1, 0.15) is 25.8 Å². The lowest BCUT2D eigenvalue weighted by molar-refractivity contribution is -0.116. The standard InChI is InChI=1S/C15H21N5O3S/c1-3-20(4-2)24(22,23)13-8-5-12(6-9-13)7-10-14(21)18-15-16-11-17-19-15/h5-6,8-9,11H,3-4,7,10H2,1-2H3,(H2,16,17,18,19,21). The lowest BCUT2D eigenvalue weighted by Crippen LogP contribution is -2.30. The van der Waals surface area contributed by atoms with E-state index in [9.17, 15) is 13.2 Å². The Morgan fingerprint density at radius 2 is 1.88 bits per heavy atom. The van der Waals surface area contributed by atoms with Crippen LogP contribution in [0.15, 0.2) is 35.5 Å². The molecule has 2 aromatic rings. The Labute approximate surface area is 141 Å². The minimum absolute atomic E-state index is 0.188. The second-order valence-corrected chi connectivity index (χ2v) is 7.05. The number of hydrogen-bond donors (Lipinski definition) is 2. The summed E-state index contributed by atoms with van der Waals surface area (Å²) in [6.45, 7) is 4.48. The summed E-state index contributed by atoms with van der Waals surface area (Å²) in [6, 6.07) is 6.63. The molecule has 24 heavy (non-hydrogen) atoms. The van der Waals surface area contributed by atoms with Crippen molar-refractivity contribution in [2.45, 2.75) is 31.6 Å². The molecule has 0 atom stereocenters. The summed E-state index contributed by atoms with van der Waals surface area (Å²) in [5.41, 5.74) is 0.890. The van der Waals surface area contributed by atoms with Crippen LogP contribution in [-0.4, -0.2) is 46.9 Å². The average Bonchev–Trinajstić information content (AvgIpc) is 3.07. The highest BCUT2D eigenvalue weighted by Gasteiger charge is 2.21. The van der Waals surface area contributed by atoms with Gasteiger partial charge in [0.15, 0.2) is 0 Å². The molecule has 0 aliphatic heterocycles. The van der Waals surface area contributed by atoms with Crippen LogP contribution in [0.5, 0.6) is 0 Å². The minimum atomic E-state index is -3.45. The highest BCUT2D eigenvalue weighted by Crippen LogP contribution is 2.17. The van der Waals surface area contributed by atoms with Crippen molar-refractivity contribution in [3.8, 4) is 0 Å². The molecule has 0 saturated carbocycles. The van der Waals surface area contributed by atoms with Crippen LogP contribution >= 0.6 is 0 Å². The molecule has 0 radical (unpaired) electrons. The van der Waals surface area contributed by atoms with Crippen LogP contribution in [0.2, 0.25) is 0 Å². The van der Waals surface area contributed by atoms with E-state index in [2.05, 4.69) is 20.5 Å². The topological polar surface area (TPSA) is 108 Å². The largest absolute Gasteiger partial charge is 0.295 e. The van der Waals surface area contributed by atoms with E-state index in [4.69, 9.17) is 0 Å². The predicted octanol–water partition coefficient (Wildman–Crippen LogP) is 1.41. The van der Waals surface area contributed by atoms with Gasteiger partial charge in [0, 0.05) is 19.5 Å². The van der Waals surface area contributed by atoms with Gasteiger partial charge in [-0.15, -0.1) is 0 Å². The van der Waals surface area contributed by atoms with Gasteiger partial charge >= 0.3 is 0 Å². The number of carbonyl (C=O) groups is 1. The van der Waals surface area contributed by atoms with E-state index in [0.717, 1.165) is 5.56 Å². The summed E-state index contributed by atoms with van der Waals surface area (Å²) >= 11 is 0. The SMILES string of the molecule is CCN(CC)S(=O)(=O)c1ccc(CCC(=O)Nc2ncn[nH]2)cc1. The maximum absolute atomic E-state index is 12.4. The number of aromatic nitrogens is 3.